The zero-order chi connectivity index (χ0) is 26.8. The Balaban J connectivity index is 1.71. The van der Waals surface area contributed by atoms with Gasteiger partial charge in [-0.15, -0.1) is 10.2 Å². The summed E-state index contributed by atoms with van der Waals surface area (Å²) < 4.78 is 7.16. The summed E-state index contributed by atoms with van der Waals surface area (Å²) in [5.41, 5.74) is 2.48. The van der Waals surface area contributed by atoms with Crippen LogP contribution < -0.4 is 15.4 Å². The third kappa shape index (κ3) is 7.75. The third-order valence-electron chi connectivity index (χ3n) is 5.83. The first-order valence-corrected chi connectivity index (χ1v) is 14.6. The summed E-state index contributed by atoms with van der Waals surface area (Å²) in [6, 6.07) is 14.5. The Morgan fingerprint density at radius 1 is 1.08 bits per heavy atom. The van der Waals surface area contributed by atoms with Gasteiger partial charge in [0.25, 0.3) is 5.91 Å². The van der Waals surface area contributed by atoms with Crippen LogP contribution in [0.3, 0.4) is 0 Å². The van der Waals surface area contributed by atoms with Crippen LogP contribution >= 0.6 is 23.5 Å². The van der Waals surface area contributed by atoms with E-state index in [0.29, 0.717) is 41.2 Å². The van der Waals surface area contributed by atoms with Gasteiger partial charge in [-0.05, 0) is 67.2 Å². The molecule has 0 bridgehead atoms. The van der Waals surface area contributed by atoms with Crippen molar-refractivity contribution in [3.63, 3.8) is 0 Å². The number of nitrogens with zero attached hydrogens (tertiary/aromatic N) is 3. The number of aromatic nitrogens is 3. The number of thioether (sulfide) groups is 2. The number of methoxy groups -OCH3 is 1. The van der Waals surface area contributed by atoms with E-state index < -0.39 is 0 Å². The highest BCUT2D eigenvalue weighted by Gasteiger charge is 2.23. The summed E-state index contributed by atoms with van der Waals surface area (Å²) >= 11 is 3.05. The van der Waals surface area contributed by atoms with Crippen molar-refractivity contribution in [3.8, 4) is 5.75 Å². The van der Waals surface area contributed by atoms with Crippen LogP contribution in [0, 0.1) is 0 Å². The van der Waals surface area contributed by atoms with Crippen LogP contribution in [0.25, 0.3) is 0 Å². The number of nitrogens with one attached hydrogen (secondary N) is 2. The molecule has 0 radical (unpaired) electrons. The molecule has 8 nitrogen and oxygen atoms in total. The molecule has 37 heavy (non-hydrogen) atoms. The van der Waals surface area contributed by atoms with Gasteiger partial charge in [0, 0.05) is 17.8 Å². The predicted molar refractivity (Wildman–Crippen MR) is 152 cm³/mol. The second kappa shape index (κ2) is 14.1. The SMILES string of the molecule is CCn1c(SCC(=O)Nc2ccccc2C(C)C)nnc1[C@H](CCSC)NC(=O)c1ccc(OC)cc1. The zero-order valence-electron chi connectivity index (χ0n) is 22.0. The third-order valence-corrected chi connectivity index (χ3v) is 7.44. The van der Waals surface area contributed by atoms with Crippen molar-refractivity contribution in [2.45, 2.75) is 50.9 Å². The average molecular weight is 542 g/mol. The molecule has 2 aromatic carbocycles. The molecule has 198 valence electrons. The molecule has 1 atom stereocenters. The lowest BCUT2D eigenvalue weighted by Crippen LogP contribution is -2.31. The molecule has 0 saturated heterocycles. The molecular formula is C27H35N5O3S2. The van der Waals surface area contributed by atoms with Crippen LogP contribution in [0.4, 0.5) is 5.69 Å². The second-order valence-electron chi connectivity index (χ2n) is 8.70. The van der Waals surface area contributed by atoms with E-state index in [0.717, 1.165) is 17.0 Å². The number of carbonyl (C=O) groups is 2. The van der Waals surface area contributed by atoms with Gasteiger partial charge < -0.3 is 19.9 Å². The highest BCUT2D eigenvalue weighted by Crippen LogP contribution is 2.26. The summed E-state index contributed by atoms with van der Waals surface area (Å²) in [5, 5.41) is 15.6. The maximum Gasteiger partial charge on any atom is 0.251 e. The van der Waals surface area contributed by atoms with Crippen LogP contribution in [0.2, 0.25) is 0 Å². The number of para-hydroxylation sites is 1. The molecule has 1 heterocycles. The monoisotopic (exact) mass is 541 g/mol. The van der Waals surface area contributed by atoms with Crippen molar-refractivity contribution in [2.24, 2.45) is 0 Å². The first-order chi connectivity index (χ1) is 17.9. The van der Waals surface area contributed by atoms with Gasteiger partial charge in [-0.1, -0.05) is 43.8 Å². The summed E-state index contributed by atoms with van der Waals surface area (Å²) in [6.07, 6.45) is 2.74. The molecule has 0 fully saturated rings. The highest BCUT2D eigenvalue weighted by molar-refractivity contribution is 7.99. The van der Waals surface area contributed by atoms with E-state index in [1.54, 1.807) is 43.1 Å². The van der Waals surface area contributed by atoms with Gasteiger partial charge in [0.1, 0.15) is 5.75 Å². The van der Waals surface area contributed by atoms with Gasteiger partial charge in [-0.25, -0.2) is 0 Å². The predicted octanol–water partition coefficient (Wildman–Crippen LogP) is 5.39. The second-order valence-corrected chi connectivity index (χ2v) is 10.6. The zero-order valence-corrected chi connectivity index (χ0v) is 23.6. The first-order valence-electron chi connectivity index (χ1n) is 12.3. The highest BCUT2D eigenvalue weighted by atomic mass is 32.2. The lowest BCUT2D eigenvalue weighted by atomic mass is 10.0. The van der Waals surface area contributed by atoms with Crippen molar-refractivity contribution >= 4 is 41.0 Å². The minimum absolute atomic E-state index is 0.1000. The van der Waals surface area contributed by atoms with Crippen LogP contribution in [-0.2, 0) is 11.3 Å². The minimum atomic E-state index is -0.310. The number of carbonyl (C=O) groups excluding carboxylic acids is 2. The van der Waals surface area contributed by atoms with Crippen molar-refractivity contribution in [3.05, 3.63) is 65.5 Å². The summed E-state index contributed by atoms with van der Waals surface area (Å²) in [6.45, 7) is 6.83. The molecule has 2 N–H and O–H groups in total. The fourth-order valence-corrected chi connectivity index (χ4v) is 5.16. The number of amides is 2. The van der Waals surface area contributed by atoms with Crippen molar-refractivity contribution in [1.29, 1.82) is 0 Å². The molecule has 1 aromatic heterocycles. The number of ether oxygens (including phenoxy) is 1. The quantitative estimate of drug-likeness (QED) is 0.280. The molecule has 0 aliphatic carbocycles. The molecule has 0 spiro atoms. The standard InChI is InChI=1S/C27H35N5O3S2/c1-6-32-25(23(15-16-36-5)29-26(34)19-11-13-20(35-4)14-12-19)30-31-27(32)37-17-24(33)28-22-10-8-7-9-21(22)18(2)3/h7-14,18,23H,6,15-17H2,1-5H3,(H,28,33)(H,29,34)/t23-/m0/s1. The van der Waals surface area contributed by atoms with Crippen molar-refractivity contribution in [2.75, 3.05) is 30.2 Å². The van der Waals surface area contributed by atoms with E-state index in [4.69, 9.17) is 4.74 Å². The summed E-state index contributed by atoms with van der Waals surface area (Å²) in [7, 11) is 1.59. The number of rotatable bonds is 13. The van der Waals surface area contributed by atoms with Gasteiger partial charge in [-0.2, -0.15) is 11.8 Å². The number of hydrogen-bond donors (Lipinski definition) is 2. The average Bonchev–Trinajstić information content (AvgIpc) is 3.32. The van der Waals surface area contributed by atoms with E-state index in [9.17, 15) is 9.59 Å². The Morgan fingerprint density at radius 2 is 1.81 bits per heavy atom. The lowest BCUT2D eigenvalue weighted by Gasteiger charge is -2.19. The number of hydrogen-bond acceptors (Lipinski definition) is 7. The van der Waals surface area contributed by atoms with E-state index >= 15 is 0 Å². The molecule has 0 saturated carbocycles. The number of anilines is 1. The molecular weight excluding hydrogens is 506 g/mol. The fraction of sp³-hybridized carbons (Fsp3) is 0.407. The van der Waals surface area contributed by atoms with Gasteiger partial charge in [0.2, 0.25) is 5.91 Å². The van der Waals surface area contributed by atoms with E-state index in [-0.39, 0.29) is 23.6 Å². The van der Waals surface area contributed by atoms with E-state index in [1.165, 1.54) is 11.8 Å². The van der Waals surface area contributed by atoms with Crippen molar-refractivity contribution < 1.29 is 14.3 Å². The first kappa shape index (κ1) is 28.6. The molecule has 2 amide bonds. The van der Waals surface area contributed by atoms with Crippen LogP contribution in [0.15, 0.2) is 53.7 Å². The maximum absolute atomic E-state index is 13.0. The van der Waals surface area contributed by atoms with Crippen molar-refractivity contribution in [1.82, 2.24) is 20.1 Å². The molecule has 10 heteroatoms. The number of benzene rings is 2. The lowest BCUT2D eigenvalue weighted by molar-refractivity contribution is -0.113. The molecule has 0 aliphatic heterocycles. The normalized spacial score (nSPS) is 11.8. The smallest absolute Gasteiger partial charge is 0.251 e. The van der Waals surface area contributed by atoms with E-state index in [2.05, 4.69) is 34.7 Å². The Hall–Kier alpha value is -2.98. The van der Waals surface area contributed by atoms with Crippen LogP contribution in [0.5, 0.6) is 5.75 Å². The largest absolute Gasteiger partial charge is 0.497 e. The molecule has 0 unspecified atom stereocenters. The van der Waals surface area contributed by atoms with Gasteiger partial charge in [0.15, 0.2) is 11.0 Å². The van der Waals surface area contributed by atoms with Gasteiger partial charge in [-0.3, -0.25) is 9.59 Å². The Labute approximate surface area is 227 Å². The Bertz CT molecular complexity index is 1180. The molecule has 3 aromatic rings. The fourth-order valence-electron chi connectivity index (χ4n) is 3.88. The minimum Gasteiger partial charge on any atom is -0.497 e. The molecule has 3 rings (SSSR count). The topological polar surface area (TPSA) is 98.1 Å². The van der Waals surface area contributed by atoms with Gasteiger partial charge >= 0.3 is 0 Å². The maximum atomic E-state index is 13.0. The molecule has 0 aliphatic rings. The Kier molecular flexibility index (Phi) is 10.9. The van der Waals surface area contributed by atoms with Crippen LogP contribution in [-0.4, -0.2) is 51.5 Å². The van der Waals surface area contributed by atoms with E-state index in [1.807, 2.05) is 42.0 Å². The van der Waals surface area contributed by atoms with Gasteiger partial charge in [0.05, 0.1) is 18.9 Å². The summed E-state index contributed by atoms with van der Waals surface area (Å²) in [5.74, 6) is 2.46. The van der Waals surface area contributed by atoms with Crippen LogP contribution in [0.1, 0.15) is 60.9 Å². The Morgan fingerprint density at radius 3 is 2.46 bits per heavy atom. The summed E-state index contributed by atoms with van der Waals surface area (Å²) in [4.78, 5) is 25.7.